The van der Waals surface area contributed by atoms with E-state index in [4.69, 9.17) is 5.73 Å². The van der Waals surface area contributed by atoms with Crippen molar-refractivity contribution >= 4 is 0 Å². The first-order chi connectivity index (χ1) is 8.78. The van der Waals surface area contributed by atoms with Gasteiger partial charge in [0.2, 0.25) is 0 Å². The largest absolute Gasteiger partial charge is 0.330 e. The molecule has 98 valence electrons. The van der Waals surface area contributed by atoms with Gasteiger partial charge >= 0.3 is 0 Å². The number of piperidine rings is 1. The molecule has 0 amide bonds. The van der Waals surface area contributed by atoms with E-state index in [9.17, 15) is 0 Å². The Morgan fingerprint density at radius 2 is 2.17 bits per heavy atom. The van der Waals surface area contributed by atoms with Crippen LogP contribution in [0.3, 0.4) is 0 Å². The molecule has 1 fully saturated rings. The number of hydrogen-bond donors (Lipinski definition) is 1. The van der Waals surface area contributed by atoms with Crippen LogP contribution >= 0.6 is 0 Å². The van der Waals surface area contributed by atoms with E-state index in [1.807, 2.05) is 0 Å². The van der Waals surface area contributed by atoms with E-state index in [2.05, 4.69) is 36.1 Å². The molecule has 0 bridgehead atoms. The van der Waals surface area contributed by atoms with Crippen molar-refractivity contribution in [3.05, 3.63) is 35.4 Å². The molecule has 2 heteroatoms. The summed E-state index contributed by atoms with van der Waals surface area (Å²) in [6.07, 6.45) is 2.59. The zero-order chi connectivity index (χ0) is 12.5. The zero-order valence-electron chi connectivity index (χ0n) is 11.3. The van der Waals surface area contributed by atoms with Gasteiger partial charge in [-0.15, -0.1) is 0 Å². The number of likely N-dealkylation sites (tertiary alicyclic amines) is 1. The van der Waals surface area contributed by atoms with Crippen LogP contribution in [0.2, 0.25) is 0 Å². The lowest BCUT2D eigenvalue weighted by Crippen LogP contribution is -2.45. The number of nitrogens with two attached hydrogens (primary N) is 1. The maximum Gasteiger partial charge on any atom is 0.00537 e. The molecule has 3 unspecified atom stereocenters. The quantitative estimate of drug-likeness (QED) is 0.883. The minimum atomic E-state index is 0.703. The molecule has 3 atom stereocenters. The minimum Gasteiger partial charge on any atom is -0.330 e. The lowest BCUT2D eigenvalue weighted by molar-refractivity contribution is 0.123. The fourth-order valence-corrected chi connectivity index (χ4v) is 3.53. The average Bonchev–Trinajstić information content (AvgIpc) is 2.38. The lowest BCUT2D eigenvalue weighted by atomic mass is 9.76. The normalized spacial score (nSPS) is 31.8. The molecule has 1 heterocycles. The minimum absolute atomic E-state index is 0.703. The Morgan fingerprint density at radius 1 is 1.33 bits per heavy atom. The van der Waals surface area contributed by atoms with Crippen molar-refractivity contribution < 1.29 is 0 Å². The maximum absolute atomic E-state index is 5.88. The molecule has 2 aliphatic rings. The molecule has 1 aromatic carbocycles. The van der Waals surface area contributed by atoms with Crippen molar-refractivity contribution in [3.8, 4) is 0 Å². The molecule has 0 radical (unpaired) electrons. The molecular formula is C16H24N2. The summed E-state index contributed by atoms with van der Waals surface area (Å²) in [6.45, 7) is 6.90. The van der Waals surface area contributed by atoms with Crippen molar-refractivity contribution in [2.45, 2.75) is 25.7 Å². The van der Waals surface area contributed by atoms with E-state index in [1.165, 1.54) is 32.5 Å². The summed E-state index contributed by atoms with van der Waals surface area (Å²) in [6, 6.07) is 8.90. The Balaban J connectivity index is 1.59. The Morgan fingerprint density at radius 3 is 2.94 bits per heavy atom. The van der Waals surface area contributed by atoms with Crippen LogP contribution in [0.5, 0.6) is 0 Å². The number of rotatable bonds is 3. The molecule has 1 aromatic rings. The van der Waals surface area contributed by atoms with Crippen molar-refractivity contribution in [2.24, 2.45) is 17.6 Å². The molecule has 0 saturated carbocycles. The molecule has 0 aromatic heterocycles. The Kier molecular flexibility index (Phi) is 3.40. The summed E-state index contributed by atoms with van der Waals surface area (Å²) in [5, 5.41) is 0. The molecule has 2 nitrogen and oxygen atoms in total. The molecule has 1 aliphatic heterocycles. The highest BCUT2D eigenvalue weighted by molar-refractivity contribution is 5.40. The maximum atomic E-state index is 5.88. The van der Waals surface area contributed by atoms with Gasteiger partial charge in [-0.25, -0.2) is 0 Å². The van der Waals surface area contributed by atoms with Crippen molar-refractivity contribution in [1.82, 2.24) is 4.90 Å². The SMILES string of the molecule is CC1CCN(CC2Cc3ccccc32)CC1CN. The van der Waals surface area contributed by atoms with Crippen molar-refractivity contribution in [3.63, 3.8) is 0 Å². The van der Waals surface area contributed by atoms with Gasteiger partial charge in [0.25, 0.3) is 0 Å². The van der Waals surface area contributed by atoms with Crippen molar-refractivity contribution in [1.29, 1.82) is 0 Å². The standard InChI is InChI=1S/C16H24N2/c1-12-6-7-18(11-15(12)9-17)10-14-8-13-4-2-3-5-16(13)14/h2-5,12,14-15H,6-11,17H2,1H3. The van der Waals surface area contributed by atoms with Gasteiger partial charge in [-0.05, 0) is 48.9 Å². The average molecular weight is 244 g/mol. The Bertz CT molecular complexity index is 415. The molecule has 18 heavy (non-hydrogen) atoms. The fraction of sp³-hybridized carbons (Fsp3) is 0.625. The van der Waals surface area contributed by atoms with Crippen LogP contribution in [0.25, 0.3) is 0 Å². The summed E-state index contributed by atoms with van der Waals surface area (Å²) in [5.41, 5.74) is 9.03. The van der Waals surface area contributed by atoms with Gasteiger partial charge in [-0.2, -0.15) is 0 Å². The van der Waals surface area contributed by atoms with Gasteiger partial charge in [-0.1, -0.05) is 31.2 Å². The predicted octanol–water partition coefficient (Wildman–Crippen LogP) is 2.24. The fourth-order valence-electron chi connectivity index (χ4n) is 3.53. The van der Waals surface area contributed by atoms with Gasteiger partial charge in [-0.3, -0.25) is 0 Å². The molecule has 1 aliphatic carbocycles. The van der Waals surface area contributed by atoms with Crippen LogP contribution in [0.4, 0.5) is 0 Å². The van der Waals surface area contributed by atoms with Crippen LogP contribution < -0.4 is 5.73 Å². The van der Waals surface area contributed by atoms with E-state index < -0.39 is 0 Å². The number of fused-ring (bicyclic) bond motifs is 1. The van der Waals surface area contributed by atoms with E-state index in [1.54, 1.807) is 11.1 Å². The smallest absolute Gasteiger partial charge is 0.00537 e. The first-order valence-electron chi connectivity index (χ1n) is 7.28. The van der Waals surface area contributed by atoms with Gasteiger partial charge in [0.05, 0.1) is 0 Å². The van der Waals surface area contributed by atoms with Gasteiger partial charge in [0.15, 0.2) is 0 Å². The topological polar surface area (TPSA) is 29.3 Å². The van der Waals surface area contributed by atoms with Gasteiger partial charge in [0.1, 0.15) is 0 Å². The third-order valence-electron chi connectivity index (χ3n) is 4.94. The van der Waals surface area contributed by atoms with Crippen molar-refractivity contribution in [2.75, 3.05) is 26.2 Å². The van der Waals surface area contributed by atoms with Gasteiger partial charge in [0, 0.05) is 19.0 Å². The highest BCUT2D eigenvalue weighted by Crippen LogP contribution is 2.36. The summed E-state index contributed by atoms with van der Waals surface area (Å²) < 4.78 is 0. The summed E-state index contributed by atoms with van der Waals surface area (Å²) in [4.78, 5) is 2.64. The second kappa shape index (κ2) is 5.02. The summed E-state index contributed by atoms with van der Waals surface area (Å²) >= 11 is 0. The van der Waals surface area contributed by atoms with Crippen LogP contribution in [0.15, 0.2) is 24.3 Å². The van der Waals surface area contributed by atoms with Crippen LogP contribution in [-0.4, -0.2) is 31.1 Å². The van der Waals surface area contributed by atoms with Gasteiger partial charge < -0.3 is 10.6 Å². The Hall–Kier alpha value is -0.860. The summed E-state index contributed by atoms with van der Waals surface area (Å²) in [7, 11) is 0. The number of nitrogens with zero attached hydrogens (tertiary/aromatic N) is 1. The second-order valence-corrected chi connectivity index (χ2v) is 6.12. The van der Waals surface area contributed by atoms with E-state index in [0.717, 1.165) is 18.4 Å². The van der Waals surface area contributed by atoms with Crippen LogP contribution in [0.1, 0.15) is 30.4 Å². The molecule has 2 N–H and O–H groups in total. The summed E-state index contributed by atoms with van der Waals surface area (Å²) in [5.74, 6) is 2.28. The highest BCUT2D eigenvalue weighted by atomic mass is 15.1. The van der Waals surface area contributed by atoms with E-state index in [0.29, 0.717) is 5.92 Å². The molecule has 0 spiro atoms. The van der Waals surface area contributed by atoms with Crippen LogP contribution in [-0.2, 0) is 6.42 Å². The first-order valence-corrected chi connectivity index (χ1v) is 7.28. The third kappa shape index (κ3) is 2.19. The molecular weight excluding hydrogens is 220 g/mol. The molecule has 1 saturated heterocycles. The van der Waals surface area contributed by atoms with E-state index >= 15 is 0 Å². The third-order valence-corrected chi connectivity index (χ3v) is 4.94. The monoisotopic (exact) mass is 244 g/mol. The highest BCUT2D eigenvalue weighted by Gasteiger charge is 2.31. The first kappa shape index (κ1) is 12.2. The predicted molar refractivity (Wildman–Crippen MR) is 75.7 cm³/mol. The van der Waals surface area contributed by atoms with E-state index in [-0.39, 0.29) is 0 Å². The molecule has 3 rings (SSSR count). The second-order valence-electron chi connectivity index (χ2n) is 6.12. The lowest BCUT2D eigenvalue weighted by Gasteiger charge is -2.40. The number of benzene rings is 1. The zero-order valence-corrected chi connectivity index (χ0v) is 11.3. The number of hydrogen-bond acceptors (Lipinski definition) is 2. The Labute approximate surface area is 110 Å². The van der Waals surface area contributed by atoms with Crippen LogP contribution in [0, 0.1) is 11.8 Å².